The first-order valence-electron chi connectivity index (χ1n) is 7.14. The topological polar surface area (TPSA) is 81.0 Å². The van der Waals surface area contributed by atoms with Gasteiger partial charge in [-0.3, -0.25) is 4.99 Å². The fourth-order valence-electron chi connectivity index (χ4n) is 2.07. The van der Waals surface area contributed by atoms with Gasteiger partial charge in [0.05, 0.1) is 23.9 Å². The molecule has 0 fully saturated rings. The average molecular weight is 352 g/mol. The molecule has 0 radical (unpaired) electrons. The number of hydrogen-bond donors (Lipinski definition) is 1. The molecule has 0 saturated heterocycles. The molecule has 0 amide bonds. The van der Waals surface area contributed by atoms with Crippen molar-refractivity contribution in [2.75, 3.05) is 26.1 Å². The molecule has 1 unspecified atom stereocenters. The van der Waals surface area contributed by atoms with Gasteiger partial charge in [-0.2, -0.15) is 0 Å². The normalized spacial score (nSPS) is 17.3. The zero-order valence-corrected chi connectivity index (χ0v) is 14.2. The molecule has 1 atom stereocenters. The molecule has 0 aliphatic carbocycles. The zero-order valence-electron chi connectivity index (χ0n) is 12.5. The zero-order chi connectivity index (χ0) is 16.2. The highest BCUT2D eigenvalue weighted by molar-refractivity contribution is 8.15. The molecule has 6 nitrogen and oxygen atoms in total. The molecule has 1 aliphatic rings. The van der Waals surface area contributed by atoms with Crippen LogP contribution in [0, 0.1) is 0 Å². The maximum absolute atomic E-state index is 11.9. The van der Waals surface area contributed by atoms with Gasteiger partial charge in [0.15, 0.2) is 6.04 Å². The Balaban J connectivity index is 1.74. The van der Waals surface area contributed by atoms with Crippen molar-refractivity contribution in [2.45, 2.75) is 12.5 Å². The Labute approximate surface area is 141 Å². The summed E-state index contributed by atoms with van der Waals surface area (Å²) in [5.74, 6) is 1.01. The van der Waals surface area contributed by atoms with Crippen LogP contribution in [0.1, 0.15) is 11.4 Å². The van der Waals surface area contributed by atoms with Crippen molar-refractivity contribution >= 4 is 44.3 Å². The van der Waals surface area contributed by atoms with Gasteiger partial charge >= 0.3 is 5.97 Å². The molecule has 2 aromatic rings. The lowest BCUT2D eigenvalue weighted by Gasteiger charge is -2.05. The summed E-state index contributed by atoms with van der Waals surface area (Å²) in [5, 5.41) is 10.3. The van der Waals surface area contributed by atoms with E-state index in [9.17, 15) is 4.79 Å². The average Bonchev–Trinajstić information content (AvgIpc) is 3.20. The highest BCUT2D eigenvalue weighted by atomic mass is 32.2. The Morgan fingerprint density at radius 1 is 1.48 bits per heavy atom. The molecule has 0 saturated carbocycles. The van der Waals surface area contributed by atoms with E-state index in [1.54, 1.807) is 7.11 Å². The number of nitrogens with zero attached hydrogens (tertiary/aromatic N) is 2. The van der Waals surface area contributed by atoms with E-state index < -0.39 is 6.04 Å². The molecule has 1 aromatic heterocycles. The lowest BCUT2D eigenvalue weighted by atomic mass is 10.3. The number of hydrogen-bond acceptors (Lipinski definition) is 8. The summed E-state index contributed by atoms with van der Waals surface area (Å²) in [5.41, 5.74) is 0.892. The third kappa shape index (κ3) is 3.65. The molecular formula is C15H16N2O4S2. The first kappa shape index (κ1) is 16.2. The first-order chi connectivity index (χ1) is 11.2. The summed E-state index contributed by atoms with van der Waals surface area (Å²) < 4.78 is 11.3. The van der Waals surface area contributed by atoms with Crippen LogP contribution >= 0.6 is 23.1 Å². The number of carbonyl (C=O) groups excluding carboxylic acids is 1. The molecule has 0 spiro atoms. The predicted molar refractivity (Wildman–Crippen MR) is 91.6 cm³/mol. The second-order valence-electron chi connectivity index (χ2n) is 4.86. The minimum absolute atomic E-state index is 0.0103. The standard InChI is InChI=1S/C15H16N2O4S2/c1-20-9-3-4-10-12(7-9)23-14(16-10)13-17-11(8-22-13)15(19)21-6-2-5-18/h3-4,7,11,18H,2,5-6,8H2,1H3. The van der Waals surface area contributed by atoms with Gasteiger partial charge in [-0.25, -0.2) is 9.78 Å². The Morgan fingerprint density at radius 3 is 3.13 bits per heavy atom. The van der Waals surface area contributed by atoms with Crippen LogP contribution in [0.4, 0.5) is 0 Å². The summed E-state index contributed by atoms with van der Waals surface area (Å²) in [7, 11) is 1.63. The van der Waals surface area contributed by atoms with E-state index in [0.717, 1.165) is 26.0 Å². The smallest absolute Gasteiger partial charge is 0.331 e. The van der Waals surface area contributed by atoms with Gasteiger partial charge in [0.25, 0.3) is 0 Å². The number of methoxy groups -OCH3 is 1. The van der Waals surface area contributed by atoms with Gasteiger partial charge in [-0.1, -0.05) is 0 Å². The molecule has 0 bridgehead atoms. The molecule has 1 N–H and O–H groups in total. The highest BCUT2D eigenvalue weighted by Gasteiger charge is 2.28. The molecule has 3 rings (SSSR count). The fraction of sp³-hybridized carbons (Fsp3) is 0.400. The number of esters is 1. The van der Waals surface area contributed by atoms with Gasteiger partial charge in [0, 0.05) is 18.8 Å². The second-order valence-corrected chi connectivity index (χ2v) is 6.90. The van der Waals surface area contributed by atoms with Crippen molar-refractivity contribution in [3.8, 4) is 5.75 Å². The van der Waals surface area contributed by atoms with E-state index in [1.807, 2.05) is 18.2 Å². The number of thiazole rings is 1. The lowest BCUT2D eigenvalue weighted by Crippen LogP contribution is -2.22. The monoisotopic (exact) mass is 352 g/mol. The third-order valence-electron chi connectivity index (χ3n) is 3.25. The van der Waals surface area contributed by atoms with E-state index in [0.29, 0.717) is 12.2 Å². The van der Waals surface area contributed by atoms with Gasteiger partial charge in [0.1, 0.15) is 15.8 Å². The Morgan fingerprint density at radius 2 is 2.35 bits per heavy atom. The van der Waals surface area contributed by atoms with Crippen LogP contribution in [-0.2, 0) is 9.53 Å². The number of carbonyl (C=O) groups is 1. The van der Waals surface area contributed by atoms with E-state index in [1.165, 1.54) is 23.1 Å². The van der Waals surface area contributed by atoms with Crippen LogP contribution in [0.3, 0.4) is 0 Å². The summed E-state index contributed by atoms with van der Waals surface area (Å²) in [6.07, 6.45) is 0.446. The summed E-state index contributed by atoms with van der Waals surface area (Å²) in [6.45, 7) is 0.235. The summed E-state index contributed by atoms with van der Waals surface area (Å²) in [6, 6.07) is 5.23. The number of ether oxygens (including phenoxy) is 2. The molecule has 23 heavy (non-hydrogen) atoms. The number of rotatable bonds is 6. The number of aliphatic hydroxyl groups is 1. The van der Waals surface area contributed by atoms with Crippen molar-refractivity contribution in [2.24, 2.45) is 4.99 Å². The van der Waals surface area contributed by atoms with Crippen LogP contribution in [-0.4, -0.2) is 53.2 Å². The number of fused-ring (bicyclic) bond motifs is 1. The van der Waals surface area contributed by atoms with E-state index in [2.05, 4.69) is 9.98 Å². The van der Waals surface area contributed by atoms with Crippen molar-refractivity contribution < 1.29 is 19.4 Å². The fourth-order valence-corrected chi connectivity index (χ4v) is 4.15. The predicted octanol–water partition coefficient (Wildman–Crippen LogP) is 2.09. The number of aromatic nitrogens is 1. The third-order valence-corrected chi connectivity index (χ3v) is 5.46. The SMILES string of the molecule is COc1ccc2nc(C3=NC(C(=O)OCCCO)CS3)sc2c1. The maximum Gasteiger partial charge on any atom is 0.331 e. The first-order valence-corrected chi connectivity index (χ1v) is 8.94. The Kier molecular flexibility index (Phi) is 5.14. The van der Waals surface area contributed by atoms with E-state index >= 15 is 0 Å². The van der Waals surface area contributed by atoms with E-state index in [-0.39, 0.29) is 19.2 Å². The van der Waals surface area contributed by atoms with Crippen molar-refractivity contribution in [1.29, 1.82) is 0 Å². The summed E-state index contributed by atoms with van der Waals surface area (Å²) in [4.78, 5) is 20.9. The highest BCUT2D eigenvalue weighted by Crippen LogP contribution is 2.31. The molecular weight excluding hydrogens is 336 g/mol. The van der Waals surface area contributed by atoms with Crippen molar-refractivity contribution in [3.05, 3.63) is 23.2 Å². The van der Waals surface area contributed by atoms with Gasteiger partial charge in [0.2, 0.25) is 0 Å². The minimum Gasteiger partial charge on any atom is -0.497 e. The van der Waals surface area contributed by atoms with Crippen LogP contribution < -0.4 is 4.74 Å². The molecule has 1 aromatic carbocycles. The van der Waals surface area contributed by atoms with Crippen LogP contribution in [0.25, 0.3) is 10.2 Å². The second kappa shape index (κ2) is 7.29. The van der Waals surface area contributed by atoms with Gasteiger partial charge in [-0.15, -0.1) is 23.1 Å². The minimum atomic E-state index is -0.491. The number of aliphatic imine (C=N–C) groups is 1. The quantitative estimate of drug-likeness (QED) is 0.633. The molecule has 2 heterocycles. The van der Waals surface area contributed by atoms with Crippen LogP contribution in [0.15, 0.2) is 23.2 Å². The largest absolute Gasteiger partial charge is 0.497 e. The van der Waals surface area contributed by atoms with Crippen molar-refractivity contribution in [1.82, 2.24) is 4.98 Å². The number of benzene rings is 1. The summed E-state index contributed by atoms with van der Waals surface area (Å²) >= 11 is 3.04. The van der Waals surface area contributed by atoms with E-state index in [4.69, 9.17) is 14.6 Å². The Hall–Kier alpha value is -1.64. The molecule has 122 valence electrons. The van der Waals surface area contributed by atoms with Gasteiger partial charge in [-0.05, 0) is 18.2 Å². The Bertz CT molecular complexity index is 744. The molecule has 8 heteroatoms. The maximum atomic E-state index is 11.9. The molecule has 1 aliphatic heterocycles. The van der Waals surface area contributed by atoms with Gasteiger partial charge < -0.3 is 14.6 Å². The lowest BCUT2D eigenvalue weighted by molar-refractivity contribution is -0.144. The van der Waals surface area contributed by atoms with Crippen LogP contribution in [0.2, 0.25) is 0 Å². The number of aliphatic hydroxyl groups excluding tert-OH is 1. The number of thioether (sulfide) groups is 1. The van der Waals surface area contributed by atoms with Crippen molar-refractivity contribution in [3.63, 3.8) is 0 Å². The van der Waals surface area contributed by atoms with Crippen LogP contribution in [0.5, 0.6) is 5.75 Å².